The van der Waals surface area contributed by atoms with E-state index in [0.29, 0.717) is 0 Å². The molecule has 2 aromatic rings. The Labute approximate surface area is 109 Å². The molecule has 90 valence electrons. The summed E-state index contributed by atoms with van der Waals surface area (Å²) in [6.07, 6.45) is 5.24. The summed E-state index contributed by atoms with van der Waals surface area (Å²) in [5, 5.41) is 3.44. The first-order chi connectivity index (χ1) is 8.31. The highest BCUT2D eigenvalue weighted by Gasteiger charge is 2.20. The topological polar surface area (TPSA) is 38.1 Å². The van der Waals surface area contributed by atoms with Crippen molar-refractivity contribution in [3.63, 3.8) is 0 Å². The van der Waals surface area contributed by atoms with Crippen LogP contribution in [0.25, 0.3) is 10.6 Å². The van der Waals surface area contributed by atoms with Gasteiger partial charge in [0.1, 0.15) is 0 Å². The van der Waals surface area contributed by atoms with E-state index < -0.39 is 0 Å². The first-order valence-corrected chi connectivity index (χ1v) is 6.94. The standard InChI is InChI=1S/C12H13ClN2OS/c13-11-4-3-10(17-11)9-7-15-12(16-9)5-6-14-8-1-2-8/h3-4,7-8,14H,1-2,5-6H2. The van der Waals surface area contributed by atoms with Crippen molar-refractivity contribution in [2.45, 2.75) is 25.3 Å². The van der Waals surface area contributed by atoms with E-state index in [1.54, 1.807) is 6.20 Å². The van der Waals surface area contributed by atoms with Gasteiger partial charge in [-0.2, -0.15) is 0 Å². The molecule has 1 aliphatic rings. The summed E-state index contributed by atoms with van der Waals surface area (Å²) in [7, 11) is 0. The Morgan fingerprint density at radius 1 is 1.47 bits per heavy atom. The van der Waals surface area contributed by atoms with Gasteiger partial charge in [-0.25, -0.2) is 4.98 Å². The zero-order valence-electron chi connectivity index (χ0n) is 9.28. The molecule has 5 heteroatoms. The Balaban J connectivity index is 1.61. The summed E-state index contributed by atoms with van der Waals surface area (Å²) in [6, 6.07) is 4.57. The molecule has 1 fully saturated rings. The zero-order chi connectivity index (χ0) is 11.7. The average Bonchev–Trinajstić information content (AvgIpc) is 2.85. The van der Waals surface area contributed by atoms with E-state index in [0.717, 1.165) is 39.9 Å². The molecular formula is C12H13ClN2OS. The molecule has 1 aliphatic carbocycles. The fourth-order valence-electron chi connectivity index (χ4n) is 1.66. The van der Waals surface area contributed by atoms with Gasteiger partial charge < -0.3 is 9.73 Å². The summed E-state index contributed by atoms with van der Waals surface area (Å²) >= 11 is 7.40. The van der Waals surface area contributed by atoms with Crippen LogP contribution in [0.15, 0.2) is 22.7 Å². The van der Waals surface area contributed by atoms with Crippen LogP contribution in [-0.4, -0.2) is 17.6 Å². The highest BCUT2D eigenvalue weighted by atomic mass is 35.5. The number of hydrogen-bond donors (Lipinski definition) is 1. The molecule has 1 saturated carbocycles. The molecule has 0 aromatic carbocycles. The van der Waals surface area contributed by atoms with Crippen molar-refractivity contribution in [1.29, 1.82) is 0 Å². The Morgan fingerprint density at radius 2 is 2.35 bits per heavy atom. The van der Waals surface area contributed by atoms with Gasteiger partial charge >= 0.3 is 0 Å². The normalized spacial score (nSPS) is 15.4. The third-order valence-corrected chi connectivity index (χ3v) is 3.96. The van der Waals surface area contributed by atoms with Crippen molar-refractivity contribution in [2.75, 3.05) is 6.54 Å². The van der Waals surface area contributed by atoms with Crippen molar-refractivity contribution >= 4 is 22.9 Å². The van der Waals surface area contributed by atoms with Gasteiger partial charge in [0.25, 0.3) is 0 Å². The van der Waals surface area contributed by atoms with Gasteiger partial charge in [0.2, 0.25) is 0 Å². The summed E-state index contributed by atoms with van der Waals surface area (Å²) < 4.78 is 6.46. The number of nitrogens with zero attached hydrogens (tertiary/aromatic N) is 1. The first-order valence-electron chi connectivity index (χ1n) is 5.75. The number of thiophene rings is 1. The van der Waals surface area contributed by atoms with Crippen LogP contribution in [0.3, 0.4) is 0 Å². The van der Waals surface area contributed by atoms with Gasteiger partial charge in [-0.3, -0.25) is 0 Å². The number of rotatable bonds is 5. The molecular weight excluding hydrogens is 256 g/mol. The highest BCUT2D eigenvalue weighted by Crippen LogP contribution is 2.31. The lowest BCUT2D eigenvalue weighted by Gasteiger charge is -1.98. The molecule has 2 heterocycles. The molecule has 2 aromatic heterocycles. The molecule has 0 radical (unpaired) electrons. The van der Waals surface area contributed by atoms with Crippen LogP contribution in [0.4, 0.5) is 0 Å². The van der Waals surface area contributed by atoms with Gasteiger partial charge in [0.15, 0.2) is 11.7 Å². The van der Waals surface area contributed by atoms with Crippen molar-refractivity contribution < 1.29 is 4.42 Å². The van der Waals surface area contributed by atoms with Crippen molar-refractivity contribution in [3.05, 3.63) is 28.6 Å². The minimum atomic E-state index is 0.737. The van der Waals surface area contributed by atoms with Crippen LogP contribution in [0.1, 0.15) is 18.7 Å². The third-order valence-electron chi connectivity index (χ3n) is 2.72. The average molecular weight is 269 g/mol. The second-order valence-corrected chi connectivity index (χ2v) is 5.92. The van der Waals surface area contributed by atoms with E-state index in [4.69, 9.17) is 16.0 Å². The fourth-order valence-corrected chi connectivity index (χ4v) is 2.65. The monoisotopic (exact) mass is 268 g/mol. The van der Waals surface area contributed by atoms with Crippen LogP contribution in [-0.2, 0) is 6.42 Å². The number of halogens is 1. The third kappa shape index (κ3) is 2.89. The van der Waals surface area contributed by atoms with Crippen LogP contribution >= 0.6 is 22.9 Å². The molecule has 0 bridgehead atoms. The predicted octanol–water partition coefficient (Wildman–Crippen LogP) is 3.35. The minimum absolute atomic E-state index is 0.737. The summed E-state index contributed by atoms with van der Waals surface area (Å²) in [4.78, 5) is 5.31. The molecule has 17 heavy (non-hydrogen) atoms. The van der Waals surface area contributed by atoms with Gasteiger partial charge in [-0.1, -0.05) is 11.6 Å². The van der Waals surface area contributed by atoms with Crippen LogP contribution in [0.5, 0.6) is 0 Å². The second kappa shape index (κ2) is 4.80. The van der Waals surface area contributed by atoms with E-state index in [1.807, 2.05) is 12.1 Å². The Morgan fingerprint density at radius 3 is 3.06 bits per heavy atom. The highest BCUT2D eigenvalue weighted by molar-refractivity contribution is 7.19. The number of hydrogen-bond acceptors (Lipinski definition) is 4. The predicted molar refractivity (Wildman–Crippen MR) is 69.6 cm³/mol. The summed E-state index contributed by atoms with van der Waals surface area (Å²) in [5.74, 6) is 1.60. The smallest absolute Gasteiger partial charge is 0.196 e. The molecule has 0 aliphatic heterocycles. The summed E-state index contributed by atoms with van der Waals surface area (Å²) in [5.41, 5.74) is 0. The molecule has 3 nitrogen and oxygen atoms in total. The molecule has 0 saturated heterocycles. The van der Waals surface area contributed by atoms with Crippen molar-refractivity contribution in [3.8, 4) is 10.6 Å². The lowest BCUT2D eigenvalue weighted by molar-refractivity contribution is 0.495. The van der Waals surface area contributed by atoms with E-state index >= 15 is 0 Å². The Bertz CT molecular complexity index is 504. The minimum Gasteiger partial charge on any atom is -0.440 e. The first kappa shape index (κ1) is 11.3. The lowest BCUT2D eigenvalue weighted by Crippen LogP contribution is -2.19. The molecule has 0 spiro atoms. The largest absolute Gasteiger partial charge is 0.440 e. The molecule has 3 rings (SSSR count). The van der Waals surface area contributed by atoms with Crippen LogP contribution < -0.4 is 5.32 Å². The van der Waals surface area contributed by atoms with E-state index in [-0.39, 0.29) is 0 Å². The molecule has 0 amide bonds. The van der Waals surface area contributed by atoms with E-state index in [1.165, 1.54) is 24.2 Å². The van der Waals surface area contributed by atoms with Gasteiger partial charge in [0.05, 0.1) is 15.4 Å². The van der Waals surface area contributed by atoms with Crippen LogP contribution in [0, 0.1) is 0 Å². The van der Waals surface area contributed by atoms with E-state index in [9.17, 15) is 0 Å². The molecule has 0 unspecified atom stereocenters. The maximum absolute atomic E-state index is 5.89. The van der Waals surface area contributed by atoms with E-state index in [2.05, 4.69) is 10.3 Å². The Kier molecular flexibility index (Phi) is 3.18. The maximum atomic E-state index is 5.89. The fraction of sp³-hybridized carbons (Fsp3) is 0.417. The molecule has 0 atom stereocenters. The lowest BCUT2D eigenvalue weighted by atomic mass is 10.4. The maximum Gasteiger partial charge on any atom is 0.196 e. The van der Waals surface area contributed by atoms with Gasteiger partial charge in [-0.15, -0.1) is 11.3 Å². The van der Waals surface area contributed by atoms with Crippen molar-refractivity contribution in [1.82, 2.24) is 10.3 Å². The SMILES string of the molecule is Clc1ccc(-c2cnc(CCNC3CC3)o2)s1. The van der Waals surface area contributed by atoms with Crippen molar-refractivity contribution in [2.24, 2.45) is 0 Å². The number of nitrogens with one attached hydrogen (secondary N) is 1. The summed E-state index contributed by atoms with van der Waals surface area (Å²) in [6.45, 7) is 0.940. The zero-order valence-corrected chi connectivity index (χ0v) is 10.9. The quantitative estimate of drug-likeness (QED) is 0.904. The van der Waals surface area contributed by atoms with Gasteiger partial charge in [-0.05, 0) is 25.0 Å². The Hall–Kier alpha value is -0.840. The number of aromatic nitrogens is 1. The van der Waals surface area contributed by atoms with Gasteiger partial charge in [0, 0.05) is 19.0 Å². The second-order valence-electron chi connectivity index (χ2n) is 4.20. The number of oxazole rings is 1. The van der Waals surface area contributed by atoms with Crippen LogP contribution in [0.2, 0.25) is 4.34 Å². The molecule has 1 N–H and O–H groups in total.